The first-order valence-corrected chi connectivity index (χ1v) is 7.18. The summed E-state index contributed by atoms with van der Waals surface area (Å²) in [5.41, 5.74) is 0. The Kier molecular flexibility index (Phi) is 4.89. The van der Waals surface area contributed by atoms with E-state index >= 15 is 0 Å². The lowest BCUT2D eigenvalue weighted by Crippen LogP contribution is -2.11. The van der Waals surface area contributed by atoms with Gasteiger partial charge in [0, 0.05) is 25.0 Å². The average Bonchev–Trinajstić information content (AvgIpc) is 2.98. The Morgan fingerprint density at radius 1 is 1.29 bits per heavy atom. The predicted molar refractivity (Wildman–Crippen MR) is 72.4 cm³/mol. The number of hydrogen-bond donors (Lipinski definition) is 1. The fourth-order valence-electron chi connectivity index (χ4n) is 2.68. The van der Waals surface area contributed by atoms with Crippen LogP contribution < -0.4 is 5.32 Å². The first kappa shape index (κ1) is 12.5. The topological polar surface area (TPSA) is 29.9 Å². The van der Waals surface area contributed by atoms with Gasteiger partial charge in [-0.25, -0.2) is 4.98 Å². The maximum Gasteiger partial charge on any atom is 0.203 e. The van der Waals surface area contributed by atoms with E-state index in [0.717, 1.165) is 12.5 Å². The van der Waals surface area contributed by atoms with Gasteiger partial charge in [-0.05, 0) is 19.3 Å². The maximum absolute atomic E-state index is 4.43. The van der Waals surface area contributed by atoms with Crippen LogP contribution in [-0.4, -0.2) is 16.1 Å². The van der Waals surface area contributed by atoms with Gasteiger partial charge in [-0.2, -0.15) is 0 Å². The molecule has 0 amide bonds. The maximum atomic E-state index is 4.43. The van der Waals surface area contributed by atoms with Crippen molar-refractivity contribution in [3.63, 3.8) is 0 Å². The van der Waals surface area contributed by atoms with Gasteiger partial charge in [0.2, 0.25) is 5.95 Å². The zero-order chi connectivity index (χ0) is 11.9. The molecule has 1 heterocycles. The van der Waals surface area contributed by atoms with Crippen LogP contribution in [0.1, 0.15) is 64.3 Å². The van der Waals surface area contributed by atoms with Crippen molar-refractivity contribution in [2.75, 3.05) is 11.9 Å². The second-order valence-electron chi connectivity index (χ2n) is 5.08. The summed E-state index contributed by atoms with van der Waals surface area (Å²) in [7, 11) is 0. The van der Waals surface area contributed by atoms with Gasteiger partial charge in [-0.1, -0.05) is 39.0 Å². The van der Waals surface area contributed by atoms with Crippen LogP contribution in [0.4, 0.5) is 5.95 Å². The van der Waals surface area contributed by atoms with Crippen LogP contribution in [0.5, 0.6) is 0 Å². The third kappa shape index (κ3) is 3.48. The molecule has 1 saturated carbocycles. The predicted octanol–water partition coefficient (Wildman–Crippen LogP) is 3.99. The molecule has 1 aromatic rings. The number of nitrogens with one attached hydrogen (secondary N) is 1. The second-order valence-corrected chi connectivity index (χ2v) is 5.08. The molecule has 1 aliphatic rings. The number of imidazole rings is 1. The molecule has 1 aromatic heterocycles. The third-order valence-corrected chi connectivity index (χ3v) is 3.70. The van der Waals surface area contributed by atoms with Crippen molar-refractivity contribution in [2.24, 2.45) is 0 Å². The Bertz CT molecular complexity index is 313. The van der Waals surface area contributed by atoms with E-state index in [4.69, 9.17) is 0 Å². The largest absolute Gasteiger partial charge is 0.356 e. The molecule has 0 radical (unpaired) electrons. The highest BCUT2D eigenvalue weighted by Crippen LogP contribution is 2.31. The molecule has 0 bridgehead atoms. The Hall–Kier alpha value is -0.990. The Morgan fingerprint density at radius 2 is 2.12 bits per heavy atom. The van der Waals surface area contributed by atoms with Crippen molar-refractivity contribution in [1.29, 1.82) is 0 Å². The minimum Gasteiger partial charge on any atom is -0.356 e. The highest BCUT2D eigenvalue weighted by atomic mass is 15.2. The van der Waals surface area contributed by atoms with Gasteiger partial charge in [-0.15, -0.1) is 0 Å². The van der Waals surface area contributed by atoms with Gasteiger partial charge in [0.25, 0.3) is 0 Å². The molecular formula is C14H25N3. The Morgan fingerprint density at radius 3 is 2.88 bits per heavy atom. The van der Waals surface area contributed by atoms with Crippen molar-refractivity contribution in [2.45, 2.75) is 64.3 Å². The number of unbranched alkanes of at least 4 members (excludes halogenated alkanes) is 3. The van der Waals surface area contributed by atoms with Crippen LogP contribution in [0.3, 0.4) is 0 Å². The van der Waals surface area contributed by atoms with Crippen LogP contribution in [0.25, 0.3) is 0 Å². The van der Waals surface area contributed by atoms with Crippen molar-refractivity contribution in [1.82, 2.24) is 9.55 Å². The summed E-state index contributed by atoms with van der Waals surface area (Å²) in [4.78, 5) is 4.43. The standard InChI is InChI=1S/C14H25N3/c1-2-3-4-7-10-15-14-16-11-12-17(14)13-8-5-6-9-13/h11-13H,2-10H2,1H3,(H,15,16). The average molecular weight is 235 g/mol. The lowest BCUT2D eigenvalue weighted by atomic mass is 10.2. The molecule has 3 nitrogen and oxygen atoms in total. The zero-order valence-corrected chi connectivity index (χ0v) is 11.0. The van der Waals surface area contributed by atoms with Crippen LogP contribution in [0, 0.1) is 0 Å². The van der Waals surface area contributed by atoms with Crippen molar-refractivity contribution in [3.8, 4) is 0 Å². The fourth-order valence-corrected chi connectivity index (χ4v) is 2.68. The minimum absolute atomic E-state index is 0.690. The molecule has 0 atom stereocenters. The molecule has 0 spiro atoms. The first-order valence-electron chi connectivity index (χ1n) is 7.18. The summed E-state index contributed by atoms with van der Waals surface area (Å²) < 4.78 is 2.34. The van der Waals surface area contributed by atoms with E-state index in [-0.39, 0.29) is 0 Å². The van der Waals surface area contributed by atoms with Crippen LogP contribution in [-0.2, 0) is 0 Å². The molecule has 17 heavy (non-hydrogen) atoms. The Labute approximate surface area is 105 Å². The van der Waals surface area contributed by atoms with E-state index in [1.165, 1.54) is 51.4 Å². The first-order chi connectivity index (χ1) is 8.42. The Balaban J connectivity index is 1.78. The summed E-state index contributed by atoms with van der Waals surface area (Å²) in [5.74, 6) is 1.08. The van der Waals surface area contributed by atoms with Gasteiger partial charge < -0.3 is 9.88 Å². The number of anilines is 1. The third-order valence-electron chi connectivity index (χ3n) is 3.70. The van der Waals surface area contributed by atoms with E-state index in [0.29, 0.717) is 6.04 Å². The van der Waals surface area contributed by atoms with Crippen molar-refractivity contribution >= 4 is 5.95 Å². The highest BCUT2D eigenvalue weighted by molar-refractivity contribution is 5.26. The summed E-state index contributed by atoms with van der Waals surface area (Å²) in [6.45, 7) is 3.31. The van der Waals surface area contributed by atoms with E-state index < -0.39 is 0 Å². The fraction of sp³-hybridized carbons (Fsp3) is 0.786. The highest BCUT2D eigenvalue weighted by Gasteiger charge is 2.18. The normalized spacial score (nSPS) is 16.5. The second kappa shape index (κ2) is 6.67. The quantitative estimate of drug-likeness (QED) is 0.724. The van der Waals surface area contributed by atoms with Crippen LogP contribution in [0.2, 0.25) is 0 Å². The molecule has 0 unspecified atom stereocenters. The van der Waals surface area contributed by atoms with Crippen molar-refractivity contribution < 1.29 is 0 Å². The van der Waals surface area contributed by atoms with Crippen molar-refractivity contribution in [3.05, 3.63) is 12.4 Å². The monoisotopic (exact) mass is 235 g/mol. The van der Waals surface area contributed by atoms with Crippen LogP contribution in [0.15, 0.2) is 12.4 Å². The smallest absolute Gasteiger partial charge is 0.203 e. The lowest BCUT2D eigenvalue weighted by molar-refractivity contribution is 0.522. The number of nitrogens with zero attached hydrogens (tertiary/aromatic N) is 2. The van der Waals surface area contributed by atoms with E-state index in [1.807, 2.05) is 6.20 Å². The van der Waals surface area contributed by atoms with Gasteiger partial charge in [0.1, 0.15) is 0 Å². The summed E-state index contributed by atoms with van der Waals surface area (Å²) in [5, 5.41) is 3.48. The number of rotatable bonds is 7. The molecule has 2 rings (SSSR count). The van der Waals surface area contributed by atoms with Gasteiger partial charge in [0.05, 0.1) is 0 Å². The van der Waals surface area contributed by atoms with Gasteiger partial charge in [0.15, 0.2) is 0 Å². The molecule has 3 heteroatoms. The molecule has 1 aliphatic carbocycles. The van der Waals surface area contributed by atoms with E-state index in [9.17, 15) is 0 Å². The van der Waals surface area contributed by atoms with Gasteiger partial charge >= 0.3 is 0 Å². The SMILES string of the molecule is CCCCCCNc1nccn1C1CCCC1. The van der Waals surface area contributed by atoms with Crippen LogP contribution >= 0.6 is 0 Å². The number of hydrogen-bond acceptors (Lipinski definition) is 2. The molecule has 1 N–H and O–H groups in total. The van der Waals surface area contributed by atoms with E-state index in [2.05, 4.69) is 28.0 Å². The minimum atomic E-state index is 0.690. The van der Waals surface area contributed by atoms with E-state index in [1.54, 1.807) is 0 Å². The molecular weight excluding hydrogens is 210 g/mol. The summed E-state index contributed by atoms with van der Waals surface area (Å²) >= 11 is 0. The molecule has 1 fully saturated rings. The molecule has 96 valence electrons. The number of aromatic nitrogens is 2. The molecule has 0 saturated heterocycles. The zero-order valence-electron chi connectivity index (χ0n) is 11.0. The summed E-state index contributed by atoms with van der Waals surface area (Å²) in [6, 6.07) is 0.690. The summed E-state index contributed by atoms with van der Waals surface area (Å²) in [6.07, 6.45) is 14.7. The molecule has 0 aliphatic heterocycles. The lowest BCUT2D eigenvalue weighted by Gasteiger charge is -2.15. The molecule has 0 aromatic carbocycles. The van der Waals surface area contributed by atoms with Gasteiger partial charge in [-0.3, -0.25) is 0 Å².